The molecular weight excluding hydrogens is 288 g/mol. The summed E-state index contributed by atoms with van der Waals surface area (Å²) in [6.45, 7) is 1.95. The lowest BCUT2D eigenvalue weighted by atomic mass is 10.0. The SMILES string of the molecule is Cc1cc(C)cc(C(O)CN(C)Cc2nccn2C(F)F)c1. The Balaban J connectivity index is 2.02. The molecule has 0 saturated heterocycles. The number of hydrogen-bond donors (Lipinski definition) is 1. The van der Waals surface area contributed by atoms with E-state index in [0.29, 0.717) is 6.54 Å². The molecule has 0 aliphatic heterocycles. The van der Waals surface area contributed by atoms with Gasteiger partial charge in [-0.05, 0) is 26.5 Å². The summed E-state index contributed by atoms with van der Waals surface area (Å²) < 4.78 is 26.4. The molecule has 4 nitrogen and oxygen atoms in total. The fraction of sp³-hybridized carbons (Fsp3) is 0.438. The molecule has 0 spiro atoms. The lowest BCUT2D eigenvalue weighted by Gasteiger charge is -2.21. The molecule has 22 heavy (non-hydrogen) atoms. The van der Waals surface area contributed by atoms with E-state index in [-0.39, 0.29) is 12.4 Å². The van der Waals surface area contributed by atoms with E-state index in [2.05, 4.69) is 4.98 Å². The molecule has 2 aromatic rings. The van der Waals surface area contributed by atoms with Crippen molar-refractivity contribution in [1.29, 1.82) is 0 Å². The van der Waals surface area contributed by atoms with Gasteiger partial charge >= 0.3 is 6.55 Å². The summed E-state index contributed by atoms with van der Waals surface area (Å²) in [5.41, 5.74) is 3.01. The second-order valence-corrected chi connectivity index (χ2v) is 5.66. The van der Waals surface area contributed by atoms with E-state index in [9.17, 15) is 13.9 Å². The number of nitrogens with zero attached hydrogens (tertiary/aromatic N) is 3. The highest BCUT2D eigenvalue weighted by Gasteiger charge is 2.16. The molecule has 1 atom stereocenters. The average Bonchev–Trinajstić information content (AvgIpc) is 2.85. The van der Waals surface area contributed by atoms with Gasteiger partial charge in [-0.15, -0.1) is 0 Å². The summed E-state index contributed by atoms with van der Waals surface area (Å²) >= 11 is 0. The molecule has 1 unspecified atom stereocenters. The Labute approximate surface area is 129 Å². The van der Waals surface area contributed by atoms with Crippen LogP contribution in [-0.2, 0) is 6.54 Å². The van der Waals surface area contributed by atoms with E-state index in [1.807, 2.05) is 32.0 Å². The molecule has 0 fully saturated rings. The Hall–Kier alpha value is -1.79. The molecule has 1 aromatic carbocycles. The minimum absolute atomic E-state index is 0.249. The number of aryl methyl sites for hydroxylation is 2. The van der Waals surface area contributed by atoms with E-state index in [0.717, 1.165) is 21.3 Å². The molecule has 1 heterocycles. The van der Waals surface area contributed by atoms with Crippen LogP contribution in [0, 0.1) is 13.8 Å². The highest BCUT2D eigenvalue weighted by molar-refractivity contribution is 5.30. The summed E-state index contributed by atoms with van der Waals surface area (Å²) in [7, 11) is 1.77. The van der Waals surface area contributed by atoms with Crippen molar-refractivity contribution < 1.29 is 13.9 Å². The van der Waals surface area contributed by atoms with E-state index >= 15 is 0 Å². The van der Waals surface area contributed by atoms with Gasteiger partial charge in [0.1, 0.15) is 5.82 Å². The lowest BCUT2D eigenvalue weighted by Crippen LogP contribution is -2.26. The van der Waals surface area contributed by atoms with Crippen molar-refractivity contribution in [2.45, 2.75) is 33.0 Å². The third-order valence-corrected chi connectivity index (χ3v) is 3.48. The fourth-order valence-corrected chi connectivity index (χ4v) is 2.55. The van der Waals surface area contributed by atoms with Crippen molar-refractivity contribution in [3.63, 3.8) is 0 Å². The largest absolute Gasteiger partial charge is 0.387 e. The number of benzene rings is 1. The standard InChI is InChI=1S/C16H21F2N3O/c1-11-6-12(2)8-13(7-11)14(22)9-20(3)10-15-19-4-5-21(15)16(17)18/h4-8,14,16,22H,9-10H2,1-3H3. The maximum atomic E-state index is 12.8. The van der Waals surface area contributed by atoms with Crippen LogP contribution in [0.15, 0.2) is 30.6 Å². The Morgan fingerprint density at radius 1 is 1.23 bits per heavy atom. The summed E-state index contributed by atoms with van der Waals surface area (Å²) in [5, 5.41) is 10.3. The van der Waals surface area contributed by atoms with Crippen LogP contribution in [0.1, 0.15) is 35.2 Å². The van der Waals surface area contributed by atoms with Crippen LogP contribution < -0.4 is 0 Å². The van der Waals surface area contributed by atoms with Gasteiger partial charge in [-0.2, -0.15) is 8.78 Å². The first-order valence-electron chi connectivity index (χ1n) is 7.11. The maximum Gasteiger partial charge on any atom is 0.319 e. The Bertz CT molecular complexity index is 607. The topological polar surface area (TPSA) is 41.3 Å². The van der Waals surface area contributed by atoms with Crippen molar-refractivity contribution in [2.24, 2.45) is 0 Å². The highest BCUT2D eigenvalue weighted by atomic mass is 19.3. The smallest absolute Gasteiger partial charge is 0.319 e. The first-order valence-corrected chi connectivity index (χ1v) is 7.11. The molecule has 0 saturated carbocycles. The molecule has 0 aliphatic rings. The Morgan fingerprint density at radius 2 is 1.86 bits per heavy atom. The molecule has 0 radical (unpaired) electrons. The van der Waals surface area contributed by atoms with Gasteiger partial charge in [0.05, 0.1) is 12.6 Å². The monoisotopic (exact) mass is 309 g/mol. The summed E-state index contributed by atoms with van der Waals surface area (Å²) in [6, 6.07) is 5.91. The zero-order valence-electron chi connectivity index (χ0n) is 13.0. The average molecular weight is 309 g/mol. The highest BCUT2D eigenvalue weighted by Crippen LogP contribution is 2.19. The van der Waals surface area contributed by atoms with Crippen LogP contribution in [0.5, 0.6) is 0 Å². The number of aliphatic hydroxyl groups excluding tert-OH is 1. The number of alkyl halides is 2. The number of rotatable bonds is 6. The van der Waals surface area contributed by atoms with Crippen molar-refractivity contribution in [3.05, 3.63) is 53.1 Å². The Kier molecular flexibility index (Phi) is 5.26. The van der Waals surface area contributed by atoms with Gasteiger partial charge in [-0.1, -0.05) is 29.3 Å². The third kappa shape index (κ3) is 4.11. The minimum atomic E-state index is -2.60. The normalized spacial score (nSPS) is 13.1. The van der Waals surface area contributed by atoms with E-state index in [4.69, 9.17) is 0 Å². The number of aromatic nitrogens is 2. The van der Waals surface area contributed by atoms with Crippen LogP contribution in [0.4, 0.5) is 8.78 Å². The zero-order valence-corrected chi connectivity index (χ0v) is 13.0. The molecule has 2 rings (SSSR count). The van der Waals surface area contributed by atoms with Crippen molar-refractivity contribution in [1.82, 2.24) is 14.5 Å². The number of aliphatic hydroxyl groups is 1. The summed E-state index contributed by atoms with van der Waals surface area (Å²) in [6.07, 6.45) is 1.95. The molecule has 0 bridgehead atoms. The number of halogens is 2. The second kappa shape index (κ2) is 6.98. The van der Waals surface area contributed by atoms with E-state index < -0.39 is 12.7 Å². The number of likely N-dealkylation sites (N-methyl/N-ethyl adjacent to an activating group) is 1. The first-order chi connectivity index (χ1) is 10.4. The quantitative estimate of drug-likeness (QED) is 0.891. The molecule has 1 N–H and O–H groups in total. The van der Waals surface area contributed by atoms with Crippen LogP contribution in [-0.4, -0.2) is 33.1 Å². The predicted molar refractivity (Wildman–Crippen MR) is 80.7 cm³/mol. The molecular formula is C16H21F2N3O. The van der Waals surface area contributed by atoms with Crippen molar-refractivity contribution in [3.8, 4) is 0 Å². The number of hydrogen-bond acceptors (Lipinski definition) is 3. The summed E-state index contributed by atoms with van der Waals surface area (Å²) in [5.74, 6) is 0.283. The second-order valence-electron chi connectivity index (χ2n) is 5.66. The number of imidazole rings is 1. The van der Waals surface area contributed by atoms with Crippen molar-refractivity contribution >= 4 is 0 Å². The van der Waals surface area contributed by atoms with Gasteiger partial charge in [-0.25, -0.2) is 4.98 Å². The van der Waals surface area contributed by atoms with Gasteiger partial charge < -0.3 is 5.11 Å². The molecule has 6 heteroatoms. The zero-order chi connectivity index (χ0) is 16.3. The van der Waals surface area contributed by atoms with E-state index in [1.54, 1.807) is 11.9 Å². The van der Waals surface area contributed by atoms with Gasteiger partial charge in [0.15, 0.2) is 0 Å². The molecule has 1 aromatic heterocycles. The van der Waals surface area contributed by atoms with Gasteiger partial charge in [0, 0.05) is 18.9 Å². The predicted octanol–water partition coefficient (Wildman–Crippen LogP) is 3.06. The lowest BCUT2D eigenvalue weighted by molar-refractivity contribution is 0.0624. The third-order valence-electron chi connectivity index (χ3n) is 3.48. The molecule has 120 valence electrons. The summed E-state index contributed by atoms with van der Waals surface area (Å²) in [4.78, 5) is 5.73. The fourth-order valence-electron chi connectivity index (χ4n) is 2.55. The van der Waals surface area contributed by atoms with Crippen LogP contribution >= 0.6 is 0 Å². The molecule has 0 aliphatic carbocycles. The van der Waals surface area contributed by atoms with E-state index in [1.165, 1.54) is 12.4 Å². The van der Waals surface area contributed by atoms with Gasteiger partial charge in [-0.3, -0.25) is 9.47 Å². The van der Waals surface area contributed by atoms with Gasteiger partial charge in [0.2, 0.25) is 0 Å². The van der Waals surface area contributed by atoms with Crippen LogP contribution in [0.3, 0.4) is 0 Å². The Morgan fingerprint density at radius 3 is 2.45 bits per heavy atom. The maximum absolute atomic E-state index is 12.8. The van der Waals surface area contributed by atoms with Crippen LogP contribution in [0.25, 0.3) is 0 Å². The van der Waals surface area contributed by atoms with Crippen molar-refractivity contribution in [2.75, 3.05) is 13.6 Å². The molecule has 0 amide bonds. The van der Waals surface area contributed by atoms with Gasteiger partial charge in [0.25, 0.3) is 0 Å². The minimum Gasteiger partial charge on any atom is -0.387 e. The van der Waals surface area contributed by atoms with Crippen LogP contribution in [0.2, 0.25) is 0 Å². The first kappa shape index (κ1) is 16.6.